The number of nitrogens with zero attached hydrogens (tertiary/aromatic N) is 1. The Balaban J connectivity index is 3.42. The van der Waals surface area contributed by atoms with Crippen LogP contribution in [0.4, 0.5) is 13.2 Å². The van der Waals surface area contributed by atoms with E-state index >= 15 is 0 Å². The molecule has 102 valence electrons. The topological polar surface area (TPSA) is 50.1 Å². The Bertz CT molecular complexity index is 540. The molecule has 0 saturated carbocycles. The molecule has 0 heterocycles. The lowest BCUT2D eigenvalue weighted by Gasteiger charge is -2.13. The summed E-state index contributed by atoms with van der Waals surface area (Å²) >= 11 is 2.48. The standard InChI is InChI=1S/C11H7BrF3NO2S/c1-2-18-10(17)8-6(5-16)3-4-7(12)9(8)19-11(13,14)15/h3-4H,2H2,1H3. The van der Waals surface area contributed by atoms with Gasteiger partial charge in [0.2, 0.25) is 0 Å². The molecule has 19 heavy (non-hydrogen) atoms. The second kappa shape index (κ2) is 6.30. The number of halogens is 4. The molecule has 0 N–H and O–H groups in total. The van der Waals surface area contributed by atoms with Gasteiger partial charge < -0.3 is 4.74 Å². The first-order valence-electron chi connectivity index (χ1n) is 4.95. The molecule has 0 aliphatic rings. The summed E-state index contributed by atoms with van der Waals surface area (Å²) in [6, 6.07) is 4.23. The van der Waals surface area contributed by atoms with Gasteiger partial charge in [-0.1, -0.05) is 0 Å². The molecule has 0 saturated heterocycles. The van der Waals surface area contributed by atoms with Crippen molar-refractivity contribution in [2.45, 2.75) is 17.3 Å². The van der Waals surface area contributed by atoms with Crippen LogP contribution in [0.5, 0.6) is 0 Å². The molecule has 0 fully saturated rings. The number of nitriles is 1. The maximum absolute atomic E-state index is 12.5. The van der Waals surface area contributed by atoms with Gasteiger partial charge in [0, 0.05) is 9.37 Å². The number of hydrogen-bond donors (Lipinski definition) is 0. The van der Waals surface area contributed by atoms with E-state index in [0.29, 0.717) is 0 Å². The highest BCUT2D eigenvalue weighted by Gasteiger charge is 2.34. The number of rotatable bonds is 3. The molecule has 0 aromatic heterocycles. The number of alkyl halides is 3. The fourth-order valence-corrected chi connectivity index (χ4v) is 2.54. The third kappa shape index (κ3) is 4.14. The van der Waals surface area contributed by atoms with Gasteiger partial charge >= 0.3 is 11.5 Å². The van der Waals surface area contributed by atoms with Crippen molar-refractivity contribution in [3.05, 3.63) is 27.7 Å². The summed E-state index contributed by atoms with van der Waals surface area (Å²) < 4.78 is 42.2. The van der Waals surface area contributed by atoms with E-state index < -0.39 is 23.2 Å². The molecule has 0 radical (unpaired) electrons. The summed E-state index contributed by atoms with van der Waals surface area (Å²) in [5, 5.41) is 8.89. The van der Waals surface area contributed by atoms with Crippen molar-refractivity contribution in [2.75, 3.05) is 6.61 Å². The fourth-order valence-electron chi connectivity index (χ4n) is 1.27. The summed E-state index contributed by atoms with van der Waals surface area (Å²) in [5.74, 6) is -0.952. The van der Waals surface area contributed by atoms with Gasteiger partial charge in [0.25, 0.3) is 0 Å². The molecule has 0 amide bonds. The minimum atomic E-state index is -4.57. The van der Waals surface area contributed by atoms with Gasteiger partial charge in [-0.25, -0.2) is 4.79 Å². The molecule has 8 heteroatoms. The average Bonchev–Trinajstić information content (AvgIpc) is 2.30. The molecule has 1 aromatic rings. The minimum Gasteiger partial charge on any atom is -0.462 e. The van der Waals surface area contributed by atoms with Gasteiger partial charge in [-0.05, 0) is 46.7 Å². The van der Waals surface area contributed by atoms with Crippen molar-refractivity contribution in [3.63, 3.8) is 0 Å². The van der Waals surface area contributed by atoms with Crippen LogP contribution in [0.2, 0.25) is 0 Å². The van der Waals surface area contributed by atoms with Crippen LogP contribution in [0.25, 0.3) is 0 Å². The van der Waals surface area contributed by atoms with Crippen molar-refractivity contribution < 1.29 is 22.7 Å². The van der Waals surface area contributed by atoms with E-state index in [4.69, 9.17) is 5.26 Å². The van der Waals surface area contributed by atoms with Crippen LogP contribution >= 0.6 is 27.7 Å². The number of esters is 1. The minimum absolute atomic E-state index is 0.00629. The first-order chi connectivity index (χ1) is 8.80. The maximum Gasteiger partial charge on any atom is 0.446 e. The van der Waals surface area contributed by atoms with Gasteiger partial charge in [-0.2, -0.15) is 18.4 Å². The quantitative estimate of drug-likeness (QED) is 0.606. The lowest BCUT2D eigenvalue weighted by molar-refractivity contribution is -0.0328. The van der Waals surface area contributed by atoms with Gasteiger partial charge in [0.1, 0.15) is 6.07 Å². The Morgan fingerprint density at radius 1 is 1.53 bits per heavy atom. The number of carbonyl (C=O) groups excluding carboxylic acids is 1. The van der Waals surface area contributed by atoms with E-state index in [2.05, 4.69) is 20.7 Å². The van der Waals surface area contributed by atoms with Crippen LogP contribution in [-0.2, 0) is 4.74 Å². The summed E-state index contributed by atoms with van der Waals surface area (Å²) in [7, 11) is 0. The number of carbonyl (C=O) groups is 1. The zero-order valence-electron chi connectivity index (χ0n) is 9.55. The number of hydrogen-bond acceptors (Lipinski definition) is 4. The third-order valence-corrected chi connectivity index (χ3v) is 3.71. The number of benzene rings is 1. The van der Waals surface area contributed by atoms with Crippen molar-refractivity contribution >= 4 is 33.7 Å². The lowest BCUT2D eigenvalue weighted by atomic mass is 10.1. The predicted octanol–water partition coefficient (Wildman–Crippen LogP) is 4.11. The summed E-state index contributed by atoms with van der Waals surface area (Å²) in [5.41, 5.74) is -5.10. The predicted molar refractivity (Wildman–Crippen MR) is 66.7 cm³/mol. The number of thioether (sulfide) groups is 1. The van der Waals surface area contributed by atoms with E-state index in [1.807, 2.05) is 0 Å². The van der Waals surface area contributed by atoms with Crippen molar-refractivity contribution in [1.29, 1.82) is 5.26 Å². The first-order valence-corrected chi connectivity index (χ1v) is 6.56. The molecule has 0 spiro atoms. The van der Waals surface area contributed by atoms with Crippen LogP contribution in [-0.4, -0.2) is 18.1 Å². The Hall–Kier alpha value is -1.20. The Labute approximate surface area is 119 Å². The number of ether oxygens (including phenoxy) is 1. The first kappa shape index (κ1) is 15.9. The van der Waals surface area contributed by atoms with Crippen LogP contribution in [0.1, 0.15) is 22.8 Å². The molecule has 0 bridgehead atoms. The maximum atomic E-state index is 12.5. The van der Waals surface area contributed by atoms with Gasteiger partial charge in [0.15, 0.2) is 0 Å². The largest absolute Gasteiger partial charge is 0.462 e. The zero-order chi connectivity index (χ0) is 14.6. The van der Waals surface area contributed by atoms with Crippen LogP contribution < -0.4 is 0 Å². The molecule has 1 rings (SSSR count). The molecule has 1 aromatic carbocycles. The van der Waals surface area contributed by atoms with Crippen LogP contribution in [0.3, 0.4) is 0 Å². The lowest BCUT2D eigenvalue weighted by Crippen LogP contribution is -2.11. The Morgan fingerprint density at radius 3 is 2.63 bits per heavy atom. The van der Waals surface area contributed by atoms with E-state index in [1.54, 1.807) is 6.07 Å². The smallest absolute Gasteiger partial charge is 0.446 e. The molecule has 0 atom stereocenters. The summed E-state index contributed by atoms with van der Waals surface area (Å²) in [6.45, 7) is 1.53. The van der Waals surface area contributed by atoms with Crippen LogP contribution in [0, 0.1) is 11.3 Å². The van der Waals surface area contributed by atoms with E-state index in [0.717, 1.165) is 0 Å². The van der Waals surface area contributed by atoms with Crippen molar-refractivity contribution in [3.8, 4) is 6.07 Å². The van der Waals surface area contributed by atoms with Gasteiger partial charge in [0.05, 0.1) is 17.7 Å². The average molecular weight is 354 g/mol. The van der Waals surface area contributed by atoms with E-state index in [-0.39, 0.29) is 27.1 Å². The molecular formula is C11H7BrF3NO2S. The Morgan fingerprint density at radius 2 is 2.16 bits per heavy atom. The summed E-state index contributed by atoms with van der Waals surface area (Å²) in [6.07, 6.45) is 0. The van der Waals surface area contributed by atoms with E-state index in [1.165, 1.54) is 19.1 Å². The van der Waals surface area contributed by atoms with Crippen molar-refractivity contribution in [2.24, 2.45) is 0 Å². The third-order valence-electron chi connectivity index (χ3n) is 1.93. The van der Waals surface area contributed by atoms with Crippen LogP contribution in [0.15, 0.2) is 21.5 Å². The molecule has 0 aliphatic carbocycles. The van der Waals surface area contributed by atoms with Gasteiger partial charge in [-0.3, -0.25) is 0 Å². The highest BCUT2D eigenvalue weighted by Crippen LogP contribution is 2.43. The summed E-state index contributed by atoms with van der Waals surface area (Å²) in [4.78, 5) is 11.3. The Kier molecular flexibility index (Phi) is 5.26. The highest BCUT2D eigenvalue weighted by molar-refractivity contribution is 9.10. The molecule has 3 nitrogen and oxygen atoms in total. The molecule has 0 unspecified atom stereocenters. The monoisotopic (exact) mass is 353 g/mol. The van der Waals surface area contributed by atoms with Crippen molar-refractivity contribution in [1.82, 2.24) is 0 Å². The SMILES string of the molecule is CCOC(=O)c1c(C#N)ccc(Br)c1SC(F)(F)F. The second-order valence-corrected chi connectivity index (χ2v) is 5.11. The zero-order valence-corrected chi connectivity index (χ0v) is 11.9. The molecular weight excluding hydrogens is 347 g/mol. The normalized spacial score (nSPS) is 10.9. The molecule has 0 aliphatic heterocycles. The van der Waals surface area contributed by atoms with E-state index in [9.17, 15) is 18.0 Å². The second-order valence-electron chi connectivity index (χ2n) is 3.18. The fraction of sp³-hybridized carbons (Fsp3) is 0.273. The highest BCUT2D eigenvalue weighted by atomic mass is 79.9. The van der Waals surface area contributed by atoms with Gasteiger partial charge in [-0.15, -0.1) is 0 Å².